The van der Waals surface area contributed by atoms with Gasteiger partial charge in [-0.1, -0.05) is 6.92 Å². The maximum atomic E-state index is 11.3. The predicted molar refractivity (Wildman–Crippen MR) is 85.2 cm³/mol. The standard InChI is InChI=1S/C15H20N2O3S/c1-8(13-9(2)7-12(18)16-17-13)6-11-15(20-5)14(19-4)10(3)21-11/h6,9H,7H2,1-5H3,(H,16,18). The van der Waals surface area contributed by atoms with Gasteiger partial charge in [0.15, 0.2) is 11.5 Å². The zero-order valence-electron chi connectivity index (χ0n) is 12.9. The number of carbonyl (C=O) groups is 1. The maximum absolute atomic E-state index is 11.3. The molecule has 1 aromatic heterocycles. The molecule has 0 radical (unpaired) electrons. The number of ether oxygens (including phenoxy) is 2. The van der Waals surface area contributed by atoms with E-state index in [1.165, 1.54) is 0 Å². The van der Waals surface area contributed by atoms with Gasteiger partial charge in [0.05, 0.1) is 24.8 Å². The summed E-state index contributed by atoms with van der Waals surface area (Å²) >= 11 is 1.62. The summed E-state index contributed by atoms with van der Waals surface area (Å²) in [4.78, 5) is 13.4. The lowest BCUT2D eigenvalue weighted by Crippen LogP contribution is -2.31. The molecular weight excluding hydrogens is 288 g/mol. The van der Waals surface area contributed by atoms with Gasteiger partial charge in [0.25, 0.3) is 0 Å². The number of hydrazone groups is 1. The van der Waals surface area contributed by atoms with Crippen LogP contribution in [0.1, 0.15) is 30.0 Å². The molecule has 2 rings (SSSR count). The minimum Gasteiger partial charge on any atom is -0.492 e. The van der Waals surface area contributed by atoms with Crippen LogP contribution in [0.15, 0.2) is 10.7 Å². The maximum Gasteiger partial charge on any atom is 0.240 e. The van der Waals surface area contributed by atoms with Gasteiger partial charge in [0.1, 0.15) is 0 Å². The van der Waals surface area contributed by atoms with E-state index in [1.807, 2.05) is 26.8 Å². The van der Waals surface area contributed by atoms with Gasteiger partial charge in [-0.05, 0) is 25.5 Å². The van der Waals surface area contributed by atoms with Crippen molar-refractivity contribution in [3.63, 3.8) is 0 Å². The molecule has 0 aromatic carbocycles. The minimum absolute atomic E-state index is 0.0368. The second kappa shape index (κ2) is 6.30. The van der Waals surface area contributed by atoms with Crippen molar-refractivity contribution in [1.82, 2.24) is 5.43 Å². The second-order valence-corrected chi connectivity index (χ2v) is 6.31. The molecule has 1 amide bonds. The van der Waals surface area contributed by atoms with Gasteiger partial charge in [-0.25, -0.2) is 5.43 Å². The van der Waals surface area contributed by atoms with Crippen molar-refractivity contribution >= 4 is 29.0 Å². The Hall–Kier alpha value is -1.82. The third kappa shape index (κ3) is 3.10. The van der Waals surface area contributed by atoms with E-state index in [9.17, 15) is 4.79 Å². The van der Waals surface area contributed by atoms with Gasteiger partial charge in [-0.2, -0.15) is 5.10 Å². The Kier molecular flexibility index (Phi) is 4.67. The molecular formula is C15H20N2O3S. The van der Waals surface area contributed by atoms with Gasteiger partial charge in [-0.15, -0.1) is 11.3 Å². The number of aryl methyl sites for hydroxylation is 1. The molecule has 1 atom stereocenters. The van der Waals surface area contributed by atoms with E-state index in [4.69, 9.17) is 9.47 Å². The van der Waals surface area contributed by atoms with Crippen LogP contribution >= 0.6 is 11.3 Å². The zero-order valence-corrected chi connectivity index (χ0v) is 13.8. The number of hydrogen-bond acceptors (Lipinski definition) is 5. The third-order valence-electron chi connectivity index (χ3n) is 3.43. The Balaban J connectivity index is 2.37. The van der Waals surface area contributed by atoms with Crippen LogP contribution in [0.5, 0.6) is 11.5 Å². The van der Waals surface area contributed by atoms with Gasteiger partial charge < -0.3 is 9.47 Å². The fourth-order valence-electron chi connectivity index (χ4n) is 2.45. The molecule has 0 saturated heterocycles. The fraction of sp³-hybridized carbons (Fsp3) is 0.467. The highest BCUT2D eigenvalue weighted by molar-refractivity contribution is 7.13. The first-order valence-electron chi connectivity index (χ1n) is 6.74. The van der Waals surface area contributed by atoms with E-state index in [0.29, 0.717) is 6.42 Å². The normalized spacial score (nSPS) is 19.1. The van der Waals surface area contributed by atoms with Crippen molar-refractivity contribution in [1.29, 1.82) is 0 Å². The molecule has 6 heteroatoms. The smallest absolute Gasteiger partial charge is 0.240 e. The zero-order chi connectivity index (χ0) is 15.6. The Morgan fingerprint density at radius 1 is 1.38 bits per heavy atom. The largest absolute Gasteiger partial charge is 0.492 e. The molecule has 21 heavy (non-hydrogen) atoms. The van der Waals surface area contributed by atoms with Gasteiger partial charge in [0.2, 0.25) is 5.91 Å². The van der Waals surface area contributed by atoms with Crippen molar-refractivity contribution in [3.05, 3.63) is 15.3 Å². The molecule has 1 aliphatic rings. The summed E-state index contributed by atoms with van der Waals surface area (Å²) in [5.74, 6) is 1.59. The molecule has 5 nitrogen and oxygen atoms in total. The molecule has 1 N–H and O–H groups in total. The Morgan fingerprint density at radius 3 is 2.62 bits per heavy atom. The van der Waals surface area contributed by atoms with E-state index in [-0.39, 0.29) is 11.8 Å². The Bertz CT molecular complexity index is 617. The quantitative estimate of drug-likeness (QED) is 0.930. The van der Waals surface area contributed by atoms with Gasteiger partial charge in [0, 0.05) is 17.2 Å². The van der Waals surface area contributed by atoms with Crippen LogP contribution in [0.2, 0.25) is 0 Å². The molecule has 1 aliphatic heterocycles. The van der Waals surface area contributed by atoms with Gasteiger partial charge in [-0.3, -0.25) is 4.79 Å². The lowest BCUT2D eigenvalue weighted by molar-refractivity contribution is -0.121. The van der Waals surface area contributed by atoms with Crippen LogP contribution in [-0.4, -0.2) is 25.8 Å². The molecule has 0 aliphatic carbocycles. The van der Waals surface area contributed by atoms with E-state index >= 15 is 0 Å². The summed E-state index contributed by atoms with van der Waals surface area (Å²) in [6.07, 6.45) is 2.50. The number of methoxy groups -OCH3 is 2. The average molecular weight is 308 g/mol. The van der Waals surface area contributed by atoms with Crippen molar-refractivity contribution < 1.29 is 14.3 Å². The molecule has 0 spiro atoms. The van der Waals surface area contributed by atoms with Crippen LogP contribution in [0.4, 0.5) is 0 Å². The number of carbonyl (C=O) groups excluding carboxylic acids is 1. The highest BCUT2D eigenvalue weighted by Gasteiger charge is 2.22. The fourth-order valence-corrected chi connectivity index (χ4v) is 3.56. The molecule has 2 heterocycles. The van der Waals surface area contributed by atoms with Crippen molar-refractivity contribution in [3.8, 4) is 11.5 Å². The van der Waals surface area contributed by atoms with Crippen LogP contribution < -0.4 is 14.9 Å². The molecule has 0 saturated carbocycles. The number of rotatable bonds is 4. The Morgan fingerprint density at radius 2 is 2.05 bits per heavy atom. The average Bonchev–Trinajstić information content (AvgIpc) is 2.73. The second-order valence-electron chi connectivity index (χ2n) is 5.05. The summed E-state index contributed by atoms with van der Waals surface area (Å²) in [6, 6.07) is 0. The lowest BCUT2D eigenvalue weighted by atomic mass is 9.94. The SMILES string of the molecule is COc1c(C)sc(C=C(C)C2=NNC(=O)CC2C)c1OC. The number of nitrogens with one attached hydrogen (secondary N) is 1. The van der Waals surface area contributed by atoms with E-state index < -0.39 is 0 Å². The molecule has 0 bridgehead atoms. The highest BCUT2D eigenvalue weighted by Crippen LogP contribution is 2.42. The summed E-state index contributed by atoms with van der Waals surface area (Å²) in [5.41, 5.74) is 4.46. The first-order chi connectivity index (χ1) is 9.97. The summed E-state index contributed by atoms with van der Waals surface area (Å²) in [6.45, 7) is 6.00. The topological polar surface area (TPSA) is 59.9 Å². The first-order valence-corrected chi connectivity index (χ1v) is 7.56. The van der Waals surface area contributed by atoms with Crippen molar-refractivity contribution in [2.75, 3.05) is 14.2 Å². The van der Waals surface area contributed by atoms with Crippen molar-refractivity contribution in [2.24, 2.45) is 11.0 Å². The van der Waals surface area contributed by atoms with E-state index in [1.54, 1.807) is 25.6 Å². The van der Waals surface area contributed by atoms with Crippen molar-refractivity contribution in [2.45, 2.75) is 27.2 Å². The Labute approximate surface area is 128 Å². The van der Waals surface area contributed by atoms with Crippen LogP contribution in [-0.2, 0) is 4.79 Å². The third-order valence-corrected chi connectivity index (χ3v) is 4.45. The number of thiophene rings is 1. The number of nitrogens with zero attached hydrogens (tertiary/aromatic N) is 1. The number of amides is 1. The monoisotopic (exact) mass is 308 g/mol. The predicted octanol–water partition coefficient (Wildman–Crippen LogP) is 2.99. The lowest BCUT2D eigenvalue weighted by Gasteiger charge is -2.19. The first kappa shape index (κ1) is 15.6. The number of hydrogen-bond donors (Lipinski definition) is 1. The highest BCUT2D eigenvalue weighted by atomic mass is 32.1. The summed E-state index contributed by atoms with van der Waals surface area (Å²) in [5, 5.41) is 4.17. The number of allylic oxidation sites excluding steroid dienone is 1. The minimum atomic E-state index is -0.0368. The summed E-state index contributed by atoms with van der Waals surface area (Å²) < 4.78 is 10.8. The van der Waals surface area contributed by atoms with Crippen LogP contribution in [0.3, 0.4) is 0 Å². The van der Waals surface area contributed by atoms with Crippen LogP contribution in [0, 0.1) is 12.8 Å². The van der Waals surface area contributed by atoms with Gasteiger partial charge >= 0.3 is 0 Å². The molecule has 1 unspecified atom stereocenters. The summed E-state index contributed by atoms with van der Waals surface area (Å²) in [7, 11) is 3.28. The van der Waals surface area contributed by atoms with Crippen LogP contribution in [0.25, 0.3) is 6.08 Å². The van der Waals surface area contributed by atoms with E-state index in [2.05, 4.69) is 10.5 Å². The molecule has 0 fully saturated rings. The molecule has 114 valence electrons. The van der Waals surface area contributed by atoms with E-state index in [0.717, 1.165) is 32.5 Å². The molecule has 1 aromatic rings.